The smallest absolute Gasteiger partial charge is 0.302 e. The van der Waals surface area contributed by atoms with Crippen LogP contribution in [0.4, 0.5) is 0 Å². The number of allylic oxidation sites excluding steroid dienone is 5. The van der Waals surface area contributed by atoms with E-state index in [0.29, 0.717) is 25.2 Å². The molecule has 0 radical (unpaired) electrons. The Morgan fingerprint density at radius 2 is 1.76 bits per heavy atom. The summed E-state index contributed by atoms with van der Waals surface area (Å²) in [5, 5.41) is 9.99. The summed E-state index contributed by atoms with van der Waals surface area (Å²) >= 11 is 0. The number of carbonyl (C=O) groups is 2. The number of carbonyl (C=O) groups excluding carboxylic acids is 2. The molecule has 0 bridgehead atoms. The van der Waals surface area contributed by atoms with E-state index in [2.05, 4.69) is 25.2 Å². The van der Waals surface area contributed by atoms with Crippen molar-refractivity contribution in [1.82, 2.24) is 0 Å². The highest BCUT2D eigenvalue weighted by molar-refractivity contribution is 5.67. The predicted molar refractivity (Wildman–Crippen MR) is 134 cm³/mol. The molecular formula is C29H44O5. The van der Waals surface area contributed by atoms with Crippen molar-refractivity contribution in [3.63, 3.8) is 0 Å². The van der Waals surface area contributed by atoms with Gasteiger partial charge in [0.05, 0.1) is 5.60 Å². The van der Waals surface area contributed by atoms with Crippen molar-refractivity contribution in [2.75, 3.05) is 0 Å². The van der Waals surface area contributed by atoms with Gasteiger partial charge in [-0.1, -0.05) is 48.3 Å². The van der Waals surface area contributed by atoms with Crippen LogP contribution in [0, 0.1) is 11.3 Å². The summed E-state index contributed by atoms with van der Waals surface area (Å²) in [5.41, 5.74) is 3.97. The second-order valence-electron chi connectivity index (χ2n) is 11.5. The molecule has 3 rings (SSSR count). The number of fused-ring (bicyclic) bond motifs is 1. The van der Waals surface area contributed by atoms with Crippen LogP contribution in [-0.4, -0.2) is 34.9 Å². The Labute approximate surface area is 205 Å². The molecule has 0 heterocycles. The van der Waals surface area contributed by atoms with Crippen LogP contribution in [0.15, 0.2) is 34.9 Å². The molecule has 5 heteroatoms. The molecule has 2 saturated carbocycles. The number of esters is 2. The van der Waals surface area contributed by atoms with Crippen LogP contribution in [0.1, 0.15) is 105 Å². The summed E-state index contributed by atoms with van der Waals surface area (Å²) in [6, 6.07) is 0. The van der Waals surface area contributed by atoms with Crippen LogP contribution >= 0.6 is 0 Å². The Bertz CT molecular complexity index is 817. The third-order valence-electron chi connectivity index (χ3n) is 7.90. The lowest BCUT2D eigenvalue weighted by atomic mass is 9.63. The highest BCUT2D eigenvalue weighted by atomic mass is 16.6. The van der Waals surface area contributed by atoms with Gasteiger partial charge in [0.1, 0.15) is 12.2 Å². The van der Waals surface area contributed by atoms with Gasteiger partial charge in [0.25, 0.3) is 0 Å². The van der Waals surface area contributed by atoms with E-state index in [9.17, 15) is 14.7 Å². The lowest BCUT2D eigenvalue weighted by molar-refractivity contribution is -0.154. The number of rotatable bonds is 8. The van der Waals surface area contributed by atoms with Crippen molar-refractivity contribution in [1.29, 1.82) is 0 Å². The first kappa shape index (κ1) is 26.7. The van der Waals surface area contributed by atoms with Gasteiger partial charge >= 0.3 is 11.9 Å². The highest BCUT2D eigenvalue weighted by Gasteiger charge is 2.44. The largest absolute Gasteiger partial charge is 0.462 e. The number of aliphatic hydroxyl groups is 1. The molecule has 3 aliphatic carbocycles. The van der Waals surface area contributed by atoms with E-state index in [0.717, 1.165) is 38.5 Å². The molecule has 1 N–H and O–H groups in total. The molecule has 190 valence electrons. The third kappa shape index (κ3) is 7.31. The molecule has 0 aromatic heterocycles. The Balaban J connectivity index is 1.67. The summed E-state index contributed by atoms with van der Waals surface area (Å²) < 4.78 is 11.0. The molecule has 0 amide bonds. The lowest BCUT2D eigenvalue weighted by Crippen LogP contribution is -2.32. The Hall–Kier alpha value is -1.88. The van der Waals surface area contributed by atoms with Crippen molar-refractivity contribution < 1.29 is 24.2 Å². The van der Waals surface area contributed by atoms with Gasteiger partial charge in [-0.05, 0) is 70.1 Å². The van der Waals surface area contributed by atoms with Crippen molar-refractivity contribution >= 4 is 11.9 Å². The van der Waals surface area contributed by atoms with Crippen LogP contribution in [-0.2, 0) is 19.1 Å². The minimum atomic E-state index is -0.577. The molecule has 34 heavy (non-hydrogen) atoms. The van der Waals surface area contributed by atoms with Crippen LogP contribution in [0.5, 0.6) is 0 Å². The first-order chi connectivity index (χ1) is 16.0. The fraction of sp³-hybridized carbons (Fsp3) is 0.724. The van der Waals surface area contributed by atoms with Gasteiger partial charge in [0, 0.05) is 33.1 Å². The second kappa shape index (κ2) is 11.2. The average Bonchev–Trinajstić information content (AvgIpc) is 3.04. The fourth-order valence-corrected chi connectivity index (χ4v) is 6.30. The Morgan fingerprint density at radius 1 is 1.12 bits per heavy atom. The third-order valence-corrected chi connectivity index (χ3v) is 7.90. The molecule has 0 aromatic carbocycles. The molecule has 4 atom stereocenters. The van der Waals surface area contributed by atoms with Gasteiger partial charge in [-0.3, -0.25) is 9.59 Å². The number of hydrogen-bond acceptors (Lipinski definition) is 5. The van der Waals surface area contributed by atoms with E-state index in [4.69, 9.17) is 9.47 Å². The summed E-state index contributed by atoms with van der Waals surface area (Å²) in [5.74, 6) is -0.0258. The standard InChI is InChI=1S/C29H44O5/c1-20(30)33-25-17-22(18-26(19-25)34-21(2)31)11-12-23-9-8-16-29(5)24(13-14-27(23)29)10-6-7-15-28(3,4)32/h11-13,25-27,32H,6-10,14-19H2,1-5H3/b22-11?,23-12+/t25-,26?,27?,29-/m1/s1. The average molecular weight is 473 g/mol. The van der Waals surface area contributed by atoms with Crippen molar-refractivity contribution in [2.24, 2.45) is 11.3 Å². The summed E-state index contributed by atoms with van der Waals surface area (Å²) in [7, 11) is 0. The quantitative estimate of drug-likeness (QED) is 0.253. The predicted octanol–water partition coefficient (Wildman–Crippen LogP) is 6.35. The van der Waals surface area contributed by atoms with Crippen LogP contribution < -0.4 is 0 Å². The molecule has 3 aliphatic rings. The van der Waals surface area contributed by atoms with Crippen molar-refractivity contribution in [2.45, 2.75) is 123 Å². The Morgan fingerprint density at radius 3 is 2.35 bits per heavy atom. The summed E-state index contributed by atoms with van der Waals surface area (Å²) in [6.07, 6.45) is 17.3. The van der Waals surface area contributed by atoms with E-state index >= 15 is 0 Å². The minimum absolute atomic E-state index is 0.236. The second-order valence-corrected chi connectivity index (χ2v) is 11.5. The van der Waals surface area contributed by atoms with Crippen molar-refractivity contribution in [3.8, 4) is 0 Å². The summed E-state index contributed by atoms with van der Waals surface area (Å²) in [6.45, 7) is 9.08. The van der Waals surface area contributed by atoms with Crippen LogP contribution in [0.3, 0.4) is 0 Å². The number of hydrogen-bond donors (Lipinski definition) is 1. The first-order valence-electron chi connectivity index (χ1n) is 13.1. The zero-order valence-electron chi connectivity index (χ0n) is 21.8. The van der Waals surface area contributed by atoms with Gasteiger partial charge < -0.3 is 14.6 Å². The first-order valence-corrected chi connectivity index (χ1v) is 13.1. The van der Waals surface area contributed by atoms with Gasteiger partial charge in [0.15, 0.2) is 0 Å². The Kier molecular flexibility index (Phi) is 8.83. The maximum absolute atomic E-state index is 11.5. The highest BCUT2D eigenvalue weighted by Crippen LogP contribution is 2.55. The van der Waals surface area contributed by atoms with E-state index in [-0.39, 0.29) is 29.6 Å². The molecule has 5 nitrogen and oxygen atoms in total. The maximum Gasteiger partial charge on any atom is 0.302 e. The zero-order chi connectivity index (χ0) is 24.9. The zero-order valence-corrected chi connectivity index (χ0v) is 21.8. The normalized spacial score (nSPS) is 31.8. The molecule has 2 unspecified atom stereocenters. The van der Waals surface area contributed by atoms with Gasteiger partial charge in [-0.2, -0.15) is 0 Å². The molecule has 0 saturated heterocycles. The molecule has 0 aromatic rings. The topological polar surface area (TPSA) is 72.8 Å². The molecule has 2 fully saturated rings. The van der Waals surface area contributed by atoms with E-state index in [1.54, 1.807) is 5.57 Å². The number of unbranched alkanes of at least 4 members (excludes halogenated alkanes) is 1. The van der Waals surface area contributed by atoms with Gasteiger partial charge in [-0.15, -0.1) is 0 Å². The molecule has 0 spiro atoms. The van der Waals surface area contributed by atoms with Crippen molar-refractivity contribution in [3.05, 3.63) is 34.9 Å². The maximum atomic E-state index is 11.5. The monoisotopic (exact) mass is 472 g/mol. The minimum Gasteiger partial charge on any atom is -0.462 e. The van der Waals surface area contributed by atoms with E-state index < -0.39 is 5.60 Å². The summed E-state index contributed by atoms with van der Waals surface area (Å²) in [4.78, 5) is 23.0. The van der Waals surface area contributed by atoms with E-state index in [1.165, 1.54) is 37.8 Å². The van der Waals surface area contributed by atoms with Gasteiger partial charge in [0.2, 0.25) is 0 Å². The van der Waals surface area contributed by atoms with E-state index in [1.807, 2.05) is 13.8 Å². The molecular weight excluding hydrogens is 428 g/mol. The lowest BCUT2D eigenvalue weighted by Gasteiger charge is -2.41. The fourth-order valence-electron chi connectivity index (χ4n) is 6.30. The molecule has 0 aliphatic heterocycles. The van der Waals surface area contributed by atoms with Gasteiger partial charge in [-0.25, -0.2) is 0 Å². The SMILES string of the molecule is CC(=O)OC1CC(=C/C=C2\CCC[C@]3(C)C(CCCCC(C)(C)O)=CCC23)C[C@@H](OC(C)=O)C1. The van der Waals surface area contributed by atoms with Crippen LogP contribution in [0.25, 0.3) is 0 Å². The van der Waals surface area contributed by atoms with Crippen LogP contribution in [0.2, 0.25) is 0 Å². The number of ether oxygens (including phenoxy) is 2.